The Morgan fingerprint density at radius 1 is 1.05 bits per heavy atom. The van der Waals surface area contributed by atoms with Crippen molar-refractivity contribution in [1.82, 2.24) is 39.6 Å². The molecule has 226 valence electrons. The van der Waals surface area contributed by atoms with Gasteiger partial charge >= 0.3 is 25.0 Å². The highest BCUT2D eigenvalue weighted by Gasteiger charge is 2.41. The van der Waals surface area contributed by atoms with Crippen molar-refractivity contribution in [3.8, 4) is 28.3 Å². The predicted molar refractivity (Wildman–Crippen MR) is 131 cm³/mol. The molecule has 43 heavy (non-hydrogen) atoms. The number of rotatable bonds is 10. The van der Waals surface area contributed by atoms with Gasteiger partial charge in [0.25, 0.3) is 0 Å². The maximum absolute atomic E-state index is 15.3. The number of pyridine rings is 1. The van der Waals surface area contributed by atoms with Gasteiger partial charge in [-0.3, -0.25) is 4.98 Å². The van der Waals surface area contributed by atoms with Gasteiger partial charge in [0.05, 0.1) is 40.4 Å². The smallest absolute Gasteiger partial charge is 0.328 e. The lowest BCUT2D eigenvalue weighted by molar-refractivity contribution is -0.659. The van der Waals surface area contributed by atoms with Crippen molar-refractivity contribution in [2.24, 2.45) is 0 Å². The minimum Gasteiger partial charge on any atom is -0.328 e. The highest BCUT2D eigenvalue weighted by atomic mass is 35.5. The van der Waals surface area contributed by atoms with Crippen LogP contribution in [0.25, 0.3) is 28.3 Å². The summed E-state index contributed by atoms with van der Waals surface area (Å²) in [5.74, 6) is -1.19. The van der Waals surface area contributed by atoms with Gasteiger partial charge in [0.1, 0.15) is 12.0 Å². The topological polar surface area (TPSA) is 103 Å². The van der Waals surface area contributed by atoms with Crippen molar-refractivity contribution in [3.05, 3.63) is 77.7 Å². The lowest BCUT2D eigenvalue weighted by Crippen LogP contribution is -2.33. The van der Waals surface area contributed by atoms with Crippen molar-refractivity contribution < 1.29 is 44.5 Å². The third kappa shape index (κ3) is 6.34. The summed E-state index contributed by atoms with van der Waals surface area (Å²) in [7, 11) is 0. The van der Waals surface area contributed by atoms with Crippen molar-refractivity contribution in [2.75, 3.05) is 6.61 Å². The molecule has 0 fully saturated rings. The van der Waals surface area contributed by atoms with E-state index in [1.165, 1.54) is 41.5 Å². The molecule has 0 radical (unpaired) electrons. The summed E-state index contributed by atoms with van der Waals surface area (Å²) < 4.78 is 114. The molecule has 1 N–H and O–H groups in total. The number of hydrogen-bond donors (Lipinski definition) is 1. The zero-order chi connectivity index (χ0) is 30.9. The van der Waals surface area contributed by atoms with Crippen molar-refractivity contribution in [3.63, 3.8) is 0 Å². The molecule has 0 spiro atoms. The Bertz CT molecular complexity index is 1700. The number of benzene rings is 1. The molecule has 1 atom stereocenters. The number of ether oxygens (including phenoxy) is 1. The van der Waals surface area contributed by atoms with Crippen LogP contribution < -0.4 is 4.68 Å². The van der Waals surface area contributed by atoms with Crippen molar-refractivity contribution in [2.45, 2.75) is 31.8 Å². The van der Waals surface area contributed by atoms with Crippen LogP contribution in [0.15, 0.2) is 55.5 Å². The largest absolute Gasteiger partial charge is 0.464 e. The maximum Gasteiger partial charge on any atom is 0.464 e. The summed E-state index contributed by atoms with van der Waals surface area (Å²) in [4.78, 5) is 12.2. The Kier molecular flexibility index (Phi) is 8.41. The molecule has 4 aromatic heterocycles. The molecule has 19 heteroatoms. The first-order valence-electron chi connectivity index (χ1n) is 12.0. The fourth-order valence-electron chi connectivity index (χ4n) is 4.23. The van der Waals surface area contributed by atoms with E-state index >= 15 is 4.39 Å². The second-order valence-electron chi connectivity index (χ2n) is 8.77. The van der Waals surface area contributed by atoms with Gasteiger partial charge in [0.15, 0.2) is 23.5 Å². The van der Waals surface area contributed by atoms with E-state index in [9.17, 15) is 30.7 Å². The van der Waals surface area contributed by atoms with Crippen LogP contribution in [-0.4, -0.2) is 52.8 Å². The van der Waals surface area contributed by atoms with Gasteiger partial charge in [0, 0.05) is 18.0 Å². The minimum absolute atomic E-state index is 0.00893. The molecule has 5 rings (SSSR count). The normalized spacial score (nSPS) is 12.9. The Labute approximate surface area is 240 Å². The second kappa shape index (κ2) is 12.0. The number of aromatic amines is 1. The second-order valence-corrected chi connectivity index (χ2v) is 9.18. The summed E-state index contributed by atoms with van der Waals surface area (Å²) in [5.41, 5.74) is -1.16. The number of aromatic nitrogens is 9. The average Bonchev–Trinajstić information content (AvgIpc) is 3.73. The van der Waals surface area contributed by atoms with Crippen LogP contribution in [-0.2, 0) is 10.9 Å². The third-order valence-electron chi connectivity index (χ3n) is 6.15. The number of halogens is 9. The van der Waals surface area contributed by atoms with Gasteiger partial charge < -0.3 is 9.30 Å². The Morgan fingerprint density at radius 3 is 2.49 bits per heavy atom. The monoisotopic (exact) mass is 634 g/mol. The fourth-order valence-corrected chi connectivity index (χ4v) is 4.39. The van der Waals surface area contributed by atoms with Crippen molar-refractivity contribution >= 4 is 11.6 Å². The van der Waals surface area contributed by atoms with Gasteiger partial charge in [-0.25, -0.2) is 14.4 Å². The molecule has 10 nitrogen and oxygen atoms in total. The summed E-state index contributed by atoms with van der Waals surface area (Å²) in [6.07, 6.45) is 0.525. The zero-order valence-electron chi connectivity index (χ0n) is 21.2. The van der Waals surface area contributed by atoms with Gasteiger partial charge in [-0.1, -0.05) is 22.9 Å². The van der Waals surface area contributed by atoms with Crippen LogP contribution in [0.1, 0.15) is 30.4 Å². The average molecular weight is 635 g/mol. The quantitative estimate of drug-likeness (QED) is 0.158. The molecule has 5 aromatic rings. The van der Waals surface area contributed by atoms with Crippen LogP contribution in [0, 0.1) is 5.82 Å². The molecule has 0 unspecified atom stereocenters. The van der Waals surface area contributed by atoms with Crippen LogP contribution in [0.2, 0.25) is 5.02 Å². The number of nitrogens with one attached hydrogen (secondary N) is 1. The Hall–Kier alpha value is -4.45. The lowest BCUT2D eigenvalue weighted by Gasteiger charge is -2.18. The minimum atomic E-state index is -4.76. The first-order valence-corrected chi connectivity index (χ1v) is 12.4. The highest BCUT2D eigenvalue weighted by molar-refractivity contribution is 6.31. The fraction of sp³-hybridized carbons (Fsp3) is 0.250. The summed E-state index contributed by atoms with van der Waals surface area (Å²) in [5, 5.41) is 8.52. The summed E-state index contributed by atoms with van der Waals surface area (Å²) in [6.45, 7) is -6.48. The summed E-state index contributed by atoms with van der Waals surface area (Å²) >= 11 is 5.97. The highest BCUT2D eigenvalue weighted by Crippen LogP contribution is 2.33. The molecule has 0 amide bonds. The van der Waals surface area contributed by atoms with Crippen LogP contribution in [0.3, 0.4) is 0 Å². The Morgan fingerprint density at radius 2 is 1.84 bits per heavy atom. The standard InChI is InChI=1S/C24H16ClF8N9O/c25-13-2-4-17(41-9-18(38-39-41)24(31,32)33)19(20(13)26)12-1-3-14(34-7-12)16(5-6-43-23(29)30)40-8-15(36-11-40)21-35-10-37-42(21)22(27)28/h1-4,7-11,16,22-23H,5-6H2/p+1/t16-/m1/s1. The molecular weight excluding hydrogens is 618 g/mol. The maximum atomic E-state index is 15.3. The molecule has 4 heterocycles. The number of hydrogen-bond acceptors (Lipinski definition) is 6. The van der Waals surface area contributed by atoms with E-state index < -0.39 is 43.5 Å². The molecule has 0 aliphatic heterocycles. The van der Waals surface area contributed by atoms with Gasteiger partial charge in [-0.05, 0) is 24.6 Å². The van der Waals surface area contributed by atoms with E-state index in [4.69, 9.17) is 11.6 Å². The lowest BCUT2D eigenvalue weighted by atomic mass is 10.0. The first-order chi connectivity index (χ1) is 20.4. The van der Waals surface area contributed by atoms with E-state index in [1.54, 1.807) is 0 Å². The number of imidazole rings is 1. The van der Waals surface area contributed by atoms with Gasteiger partial charge in [0.2, 0.25) is 0 Å². The molecular formula is C24H17ClF8N9O+. The third-order valence-corrected chi connectivity index (χ3v) is 6.44. The number of nitrogens with zero attached hydrogens (tertiary/aromatic N) is 8. The van der Waals surface area contributed by atoms with Crippen LogP contribution in [0.4, 0.5) is 35.1 Å². The molecule has 0 saturated heterocycles. The van der Waals surface area contributed by atoms with E-state index in [-0.39, 0.29) is 45.5 Å². The molecule has 0 bridgehead atoms. The van der Waals surface area contributed by atoms with E-state index in [1.807, 2.05) is 0 Å². The van der Waals surface area contributed by atoms with Gasteiger partial charge in [-0.2, -0.15) is 40.5 Å². The van der Waals surface area contributed by atoms with Crippen LogP contribution in [0.5, 0.6) is 0 Å². The van der Waals surface area contributed by atoms with E-state index in [0.717, 1.165) is 17.1 Å². The molecule has 0 aliphatic rings. The Balaban J connectivity index is 1.51. The van der Waals surface area contributed by atoms with Crippen LogP contribution >= 0.6 is 11.6 Å². The zero-order valence-corrected chi connectivity index (χ0v) is 22.0. The number of H-pyrrole nitrogens is 1. The van der Waals surface area contributed by atoms with Gasteiger partial charge in [-0.15, -0.1) is 4.68 Å². The van der Waals surface area contributed by atoms with E-state index in [2.05, 4.69) is 35.1 Å². The summed E-state index contributed by atoms with van der Waals surface area (Å²) in [6, 6.07) is 4.43. The predicted octanol–water partition coefficient (Wildman–Crippen LogP) is 5.63. The van der Waals surface area contributed by atoms with Crippen molar-refractivity contribution in [1.29, 1.82) is 0 Å². The molecule has 1 aromatic carbocycles. The molecule has 0 aliphatic carbocycles. The first kappa shape index (κ1) is 30.0. The molecule has 0 saturated carbocycles. The SMILES string of the molecule is Fc1c(Cl)ccc(-[n+]2cc(C(F)(F)F)n[nH]2)c1-c1ccc([C@@H](CCOC(F)F)n2cnc(-c3ncnn3C(F)F)c2)nc1. The van der Waals surface area contributed by atoms with E-state index in [0.29, 0.717) is 10.9 Å². The number of alkyl halides is 7.